The molecular weight excluding hydrogens is 419 g/mol. The Morgan fingerprint density at radius 1 is 1.23 bits per heavy atom. The predicted molar refractivity (Wildman–Crippen MR) is 117 cm³/mol. The second-order valence-electron chi connectivity index (χ2n) is 7.18. The molecule has 1 unspecified atom stereocenters. The van der Waals surface area contributed by atoms with Crippen molar-refractivity contribution in [1.82, 2.24) is 9.97 Å². The van der Waals surface area contributed by atoms with Crippen molar-refractivity contribution >= 4 is 35.1 Å². The summed E-state index contributed by atoms with van der Waals surface area (Å²) in [5.41, 5.74) is 1.62. The van der Waals surface area contributed by atoms with Crippen LogP contribution in [0.5, 0.6) is 0 Å². The van der Waals surface area contributed by atoms with Crippen LogP contribution >= 0.6 is 11.8 Å². The predicted octanol–water partition coefficient (Wildman–Crippen LogP) is 3.57. The van der Waals surface area contributed by atoms with Crippen LogP contribution in [0.4, 0.5) is 15.9 Å². The maximum absolute atomic E-state index is 13.8. The Kier molecular flexibility index (Phi) is 5.85. The molecule has 0 aliphatic carbocycles. The van der Waals surface area contributed by atoms with Crippen LogP contribution in [0.1, 0.15) is 29.0 Å². The van der Waals surface area contributed by atoms with Gasteiger partial charge in [-0.3, -0.25) is 14.4 Å². The Bertz CT molecular complexity index is 1230. The molecule has 0 saturated heterocycles. The summed E-state index contributed by atoms with van der Waals surface area (Å²) in [6.45, 7) is 1.90. The summed E-state index contributed by atoms with van der Waals surface area (Å²) < 4.78 is 13.8. The lowest BCUT2D eigenvalue weighted by Gasteiger charge is -2.23. The molecule has 1 aliphatic heterocycles. The lowest BCUT2D eigenvalue weighted by Crippen LogP contribution is -2.36. The topological polar surface area (TPSA) is 104 Å². The number of fused-ring (bicyclic) bond motifs is 1. The first kappa shape index (κ1) is 20.8. The van der Waals surface area contributed by atoms with Gasteiger partial charge in [-0.1, -0.05) is 42.1 Å². The monoisotopic (exact) mass is 438 g/mol. The molecule has 1 aliphatic rings. The van der Waals surface area contributed by atoms with Gasteiger partial charge in [-0.25, -0.2) is 9.37 Å². The number of benzene rings is 2. The van der Waals surface area contributed by atoms with E-state index in [1.54, 1.807) is 36.4 Å². The van der Waals surface area contributed by atoms with Crippen molar-refractivity contribution in [3.05, 3.63) is 81.4 Å². The molecule has 1 aromatic heterocycles. The number of nitrogens with one attached hydrogen (secondary N) is 3. The number of carbonyl (C=O) groups excluding carboxylic acids is 2. The largest absolute Gasteiger partial charge is 0.326 e. The zero-order chi connectivity index (χ0) is 22.0. The third-order valence-electron chi connectivity index (χ3n) is 4.85. The third kappa shape index (κ3) is 4.66. The van der Waals surface area contributed by atoms with Crippen molar-refractivity contribution in [2.45, 2.75) is 30.2 Å². The summed E-state index contributed by atoms with van der Waals surface area (Å²) in [6.07, 6.45) is -0.156. The molecule has 0 saturated carbocycles. The minimum absolute atomic E-state index is 0.0559. The SMILES string of the molecule is Cc1cccc(NC(=O)C2CC(=O)Nc3nc(SCc4ccccc4F)[nH]c(=O)c32)c1. The number of carbonyl (C=O) groups is 2. The quantitative estimate of drug-likeness (QED) is 0.417. The summed E-state index contributed by atoms with van der Waals surface area (Å²) in [5.74, 6) is -1.87. The van der Waals surface area contributed by atoms with Crippen molar-refractivity contribution in [2.75, 3.05) is 10.6 Å². The maximum Gasteiger partial charge on any atom is 0.257 e. The van der Waals surface area contributed by atoms with Crippen LogP contribution in [0.15, 0.2) is 58.5 Å². The van der Waals surface area contributed by atoms with Crippen molar-refractivity contribution < 1.29 is 14.0 Å². The van der Waals surface area contributed by atoms with Crippen LogP contribution in [-0.4, -0.2) is 21.8 Å². The first-order valence-electron chi connectivity index (χ1n) is 9.58. The number of halogens is 1. The van der Waals surface area contributed by atoms with Crippen LogP contribution in [0, 0.1) is 12.7 Å². The molecule has 1 atom stereocenters. The minimum Gasteiger partial charge on any atom is -0.326 e. The lowest BCUT2D eigenvalue weighted by molar-refractivity contribution is -0.123. The van der Waals surface area contributed by atoms with E-state index >= 15 is 0 Å². The average Bonchev–Trinajstić information content (AvgIpc) is 2.72. The van der Waals surface area contributed by atoms with Gasteiger partial charge in [-0.15, -0.1) is 0 Å². The van der Waals surface area contributed by atoms with E-state index in [0.29, 0.717) is 11.3 Å². The number of hydrogen-bond acceptors (Lipinski definition) is 5. The van der Waals surface area contributed by atoms with Gasteiger partial charge >= 0.3 is 0 Å². The van der Waals surface area contributed by atoms with Crippen LogP contribution < -0.4 is 16.2 Å². The van der Waals surface area contributed by atoms with Crippen molar-refractivity contribution in [3.8, 4) is 0 Å². The molecule has 31 heavy (non-hydrogen) atoms. The smallest absolute Gasteiger partial charge is 0.257 e. The Morgan fingerprint density at radius 2 is 2.03 bits per heavy atom. The highest BCUT2D eigenvalue weighted by molar-refractivity contribution is 7.98. The Hall–Kier alpha value is -3.46. The fraction of sp³-hybridized carbons (Fsp3) is 0.182. The van der Waals surface area contributed by atoms with Gasteiger partial charge < -0.3 is 15.6 Å². The van der Waals surface area contributed by atoms with Gasteiger partial charge in [0.15, 0.2) is 5.16 Å². The fourth-order valence-corrected chi connectivity index (χ4v) is 4.20. The highest BCUT2D eigenvalue weighted by Gasteiger charge is 2.34. The number of aromatic amines is 1. The highest BCUT2D eigenvalue weighted by Crippen LogP contribution is 2.31. The van der Waals surface area contributed by atoms with E-state index in [4.69, 9.17) is 0 Å². The van der Waals surface area contributed by atoms with E-state index in [-0.39, 0.29) is 34.5 Å². The number of amides is 2. The molecule has 158 valence electrons. The van der Waals surface area contributed by atoms with Gasteiger partial charge in [0.1, 0.15) is 11.6 Å². The maximum atomic E-state index is 13.8. The molecule has 2 amide bonds. The number of nitrogens with zero attached hydrogens (tertiary/aromatic N) is 1. The normalized spacial score (nSPS) is 15.2. The summed E-state index contributed by atoms with van der Waals surface area (Å²) in [4.78, 5) is 44.8. The molecule has 3 N–H and O–H groups in total. The van der Waals surface area contributed by atoms with Gasteiger partial charge in [0.2, 0.25) is 11.8 Å². The number of rotatable bonds is 5. The van der Waals surface area contributed by atoms with Gasteiger partial charge in [-0.2, -0.15) is 0 Å². The standard InChI is InChI=1S/C22H19FN4O3S/c1-12-5-4-7-14(9-12)24-20(29)15-10-17(28)25-19-18(15)21(30)27-22(26-19)31-11-13-6-2-3-8-16(13)23/h2-9,15H,10-11H2,1H3,(H,24,29)(H2,25,26,27,28,30). The second kappa shape index (κ2) is 8.73. The molecule has 0 spiro atoms. The summed E-state index contributed by atoms with van der Waals surface area (Å²) >= 11 is 1.13. The zero-order valence-electron chi connectivity index (χ0n) is 16.6. The first-order chi connectivity index (χ1) is 14.9. The number of H-pyrrole nitrogens is 1. The number of aryl methyl sites for hydroxylation is 1. The minimum atomic E-state index is -0.967. The van der Waals surface area contributed by atoms with Gasteiger partial charge in [-0.05, 0) is 36.2 Å². The van der Waals surface area contributed by atoms with Gasteiger partial charge in [0.05, 0.1) is 11.5 Å². The molecule has 4 rings (SSSR count). The van der Waals surface area contributed by atoms with E-state index in [0.717, 1.165) is 17.3 Å². The lowest BCUT2D eigenvalue weighted by atomic mass is 9.92. The van der Waals surface area contributed by atoms with Crippen LogP contribution in [-0.2, 0) is 15.3 Å². The van der Waals surface area contributed by atoms with Crippen LogP contribution in [0.3, 0.4) is 0 Å². The van der Waals surface area contributed by atoms with Crippen LogP contribution in [0.25, 0.3) is 0 Å². The van der Waals surface area contributed by atoms with Crippen LogP contribution in [0.2, 0.25) is 0 Å². The summed E-state index contributed by atoms with van der Waals surface area (Å²) in [6, 6.07) is 13.6. The third-order valence-corrected chi connectivity index (χ3v) is 5.78. The summed E-state index contributed by atoms with van der Waals surface area (Å²) in [5, 5.41) is 5.56. The van der Waals surface area contributed by atoms with E-state index in [1.807, 2.05) is 13.0 Å². The van der Waals surface area contributed by atoms with E-state index in [1.165, 1.54) is 6.07 Å². The molecular formula is C22H19FN4O3S. The first-order valence-corrected chi connectivity index (χ1v) is 10.6. The van der Waals surface area contributed by atoms with Crippen molar-refractivity contribution in [3.63, 3.8) is 0 Å². The molecule has 7 nitrogen and oxygen atoms in total. The molecule has 9 heteroatoms. The van der Waals surface area contributed by atoms with E-state index in [2.05, 4.69) is 20.6 Å². The summed E-state index contributed by atoms with van der Waals surface area (Å²) in [7, 11) is 0. The molecule has 3 aromatic rings. The Balaban J connectivity index is 1.58. The van der Waals surface area contributed by atoms with Gasteiger partial charge in [0.25, 0.3) is 5.56 Å². The number of thioether (sulfide) groups is 1. The molecule has 0 radical (unpaired) electrons. The van der Waals surface area contributed by atoms with Crippen molar-refractivity contribution in [2.24, 2.45) is 0 Å². The molecule has 0 bridgehead atoms. The molecule has 0 fully saturated rings. The second-order valence-corrected chi connectivity index (χ2v) is 8.14. The van der Waals surface area contributed by atoms with E-state index < -0.39 is 23.3 Å². The Labute approximate surface area is 181 Å². The fourth-order valence-electron chi connectivity index (χ4n) is 3.36. The van der Waals surface area contributed by atoms with E-state index in [9.17, 15) is 18.8 Å². The molecule has 2 aromatic carbocycles. The van der Waals surface area contributed by atoms with Gasteiger partial charge in [0, 0.05) is 17.9 Å². The number of hydrogen-bond donors (Lipinski definition) is 3. The zero-order valence-corrected chi connectivity index (χ0v) is 17.4. The highest BCUT2D eigenvalue weighted by atomic mass is 32.2. The molecule has 2 heterocycles. The number of aromatic nitrogens is 2. The van der Waals surface area contributed by atoms with Crippen molar-refractivity contribution in [1.29, 1.82) is 0 Å². The Morgan fingerprint density at radius 3 is 2.81 bits per heavy atom. The average molecular weight is 438 g/mol. The number of anilines is 2.